The molecule has 0 spiro atoms. The average molecular weight is 355 g/mol. The van der Waals surface area contributed by atoms with E-state index >= 15 is 0 Å². The summed E-state index contributed by atoms with van der Waals surface area (Å²) in [5.41, 5.74) is 5.11. The van der Waals surface area contributed by atoms with Gasteiger partial charge in [-0.15, -0.1) is 0 Å². The number of hydrogen-bond acceptors (Lipinski definition) is 4. The van der Waals surface area contributed by atoms with E-state index in [1.807, 2.05) is 20.8 Å². The second-order valence-electron chi connectivity index (χ2n) is 6.79. The molecule has 2 rings (SSSR count). The first-order chi connectivity index (χ1) is 11.2. The summed E-state index contributed by atoms with van der Waals surface area (Å²) in [5, 5.41) is 0.427. The Morgan fingerprint density at radius 3 is 2.42 bits per heavy atom. The number of likely N-dealkylation sites (tertiary alicyclic amines) is 1. The number of primary amides is 1. The largest absolute Gasteiger partial charge is 0.489 e. The quantitative estimate of drug-likeness (QED) is 0.903. The molecule has 0 aromatic heterocycles. The molecule has 0 bridgehead atoms. The predicted octanol–water partition coefficient (Wildman–Crippen LogP) is 3.22. The Balaban J connectivity index is 1.94. The molecule has 132 valence electrons. The van der Waals surface area contributed by atoms with Crippen LogP contribution < -0.4 is 10.5 Å². The van der Waals surface area contributed by atoms with Crippen molar-refractivity contribution in [3.8, 4) is 5.75 Å². The van der Waals surface area contributed by atoms with Gasteiger partial charge in [0.25, 0.3) is 5.91 Å². The zero-order chi connectivity index (χ0) is 17.9. The standard InChI is InChI=1S/C17H23ClN2O4/c1-17(2,3)24-16(22)20-8-6-12(7-9-20)23-14-5-4-11(18)10-13(14)15(19)21/h4-5,10,12H,6-9H2,1-3H3,(H2,19,21). The summed E-state index contributed by atoms with van der Waals surface area (Å²) in [6, 6.07) is 4.79. The van der Waals surface area contributed by atoms with Crippen LogP contribution in [0.4, 0.5) is 4.79 Å². The third-order valence-electron chi connectivity index (χ3n) is 3.59. The normalized spacial score (nSPS) is 15.9. The summed E-state index contributed by atoms with van der Waals surface area (Å²) in [5.74, 6) is -0.165. The summed E-state index contributed by atoms with van der Waals surface area (Å²) in [7, 11) is 0. The second-order valence-corrected chi connectivity index (χ2v) is 7.23. The van der Waals surface area contributed by atoms with Gasteiger partial charge in [0.2, 0.25) is 0 Å². The fourth-order valence-corrected chi connectivity index (χ4v) is 2.63. The molecule has 0 radical (unpaired) electrons. The number of nitrogens with zero attached hydrogens (tertiary/aromatic N) is 1. The highest BCUT2D eigenvalue weighted by Crippen LogP contribution is 2.26. The molecule has 1 heterocycles. The van der Waals surface area contributed by atoms with Crippen LogP contribution in [0, 0.1) is 0 Å². The lowest BCUT2D eigenvalue weighted by Gasteiger charge is -2.33. The minimum atomic E-state index is -0.585. The fraction of sp³-hybridized carbons (Fsp3) is 0.529. The van der Waals surface area contributed by atoms with Crippen LogP contribution in [0.5, 0.6) is 5.75 Å². The number of halogens is 1. The molecule has 2 N–H and O–H groups in total. The van der Waals surface area contributed by atoms with E-state index in [1.54, 1.807) is 17.0 Å². The Morgan fingerprint density at radius 1 is 1.25 bits per heavy atom. The second kappa shape index (κ2) is 7.30. The molecular formula is C17H23ClN2O4. The number of hydrogen-bond donors (Lipinski definition) is 1. The van der Waals surface area contributed by atoms with Crippen molar-refractivity contribution in [1.82, 2.24) is 4.90 Å². The minimum absolute atomic E-state index is 0.0945. The van der Waals surface area contributed by atoms with Crippen LogP contribution in [0.2, 0.25) is 5.02 Å². The Kier molecular flexibility index (Phi) is 5.59. The molecule has 1 aliphatic heterocycles. The number of rotatable bonds is 3. The zero-order valence-electron chi connectivity index (χ0n) is 14.2. The number of carbonyl (C=O) groups is 2. The van der Waals surface area contributed by atoms with E-state index in [4.69, 9.17) is 26.8 Å². The third kappa shape index (κ3) is 5.03. The fourth-order valence-electron chi connectivity index (χ4n) is 2.46. The topological polar surface area (TPSA) is 81.9 Å². The van der Waals surface area contributed by atoms with E-state index in [-0.39, 0.29) is 17.8 Å². The van der Waals surface area contributed by atoms with E-state index < -0.39 is 11.5 Å². The molecule has 0 atom stereocenters. The van der Waals surface area contributed by atoms with Crippen LogP contribution in [0.25, 0.3) is 0 Å². The van der Waals surface area contributed by atoms with Crippen molar-refractivity contribution in [2.24, 2.45) is 5.73 Å². The van der Waals surface area contributed by atoms with Gasteiger partial charge in [0.05, 0.1) is 5.56 Å². The SMILES string of the molecule is CC(C)(C)OC(=O)N1CCC(Oc2ccc(Cl)cc2C(N)=O)CC1. The van der Waals surface area contributed by atoms with Gasteiger partial charge in [-0.05, 0) is 39.0 Å². The molecule has 1 aliphatic rings. The van der Waals surface area contributed by atoms with E-state index in [1.165, 1.54) is 6.07 Å². The Labute approximate surface area is 146 Å². The first kappa shape index (κ1) is 18.4. The van der Waals surface area contributed by atoms with Crippen molar-refractivity contribution in [2.45, 2.75) is 45.3 Å². The Morgan fingerprint density at radius 2 is 1.88 bits per heavy atom. The molecule has 1 fully saturated rings. The molecule has 0 unspecified atom stereocenters. The first-order valence-electron chi connectivity index (χ1n) is 7.89. The number of piperidine rings is 1. The first-order valence-corrected chi connectivity index (χ1v) is 8.27. The molecule has 1 aromatic rings. The minimum Gasteiger partial charge on any atom is -0.489 e. The molecular weight excluding hydrogens is 332 g/mol. The third-order valence-corrected chi connectivity index (χ3v) is 3.83. The van der Waals surface area contributed by atoms with Gasteiger partial charge in [0.1, 0.15) is 17.5 Å². The van der Waals surface area contributed by atoms with E-state index in [2.05, 4.69) is 0 Å². The lowest BCUT2D eigenvalue weighted by Crippen LogP contribution is -2.44. The maximum atomic E-state index is 12.0. The molecule has 2 amide bonds. The van der Waals surface area contributed by atoms with Crippen molar-refractivity contribution in [3.63, 3.8) is 0 Å². The van der Waals surface area contributed by atoms with Crippen LogP contribution >= 0.6 is 11.6 Å². The zero-order valence-corrected chi connectivity index (χ0v) is 14.9. The van der Waals surface area contributed by atoms with Crippen LogP contribution in [-0.2, 0) is 4.74 Å². The summed E-state index contributed by atoms with van der Waals surface area (Å²) in [4.78, 5) is 25.2. The van der Waals surface area contributed by atoms with Gasteiger partial charge in [-0.1, -0.05) is 11.6 Å². The van der Waals surface area contributed by atoms with Gasteiger partial charge < -0.3 is 20.1 Å². The number of carbonyl (C=O) groups excluding carboxylic acids is 2. The van der Waals surface area contributed by atoms with Crippen molar-refractivity contribution < 1.29 is 19.1 Å². The van der Waals surface area contributed by atoms with Gasteiger partial charge >= 0.3 is 6.09 Å². The van der Waals surface area contributed by atoms with Gasteiger partial charge in [-0.2, -0.15) is 0 Å². The van der Waals surface area contributed by atoms with Crippen LogP contribution in [0.1, 0.15) is 44.0 Å². The van der Waals surface area contributed by atoms with E-state index in [9.17, 15) is 9.59 Å². The maximum absolute atomic E-state index is 12.0. The Bertz CT molecular complexity index is 620. The summed E-state index contributed by atoms with van der Waals surface area (Å²) in [6.45, 7) is 6.60. The van der Waals surface area contributed by atoms with E-state index in [0.717, 1.165) is 0 Å². The van der Waals surface area contributed by atoms with Crippen molar-refractivity contribution >= 4 is 23.6 Å². The number of benzene rings is 1. The summed E-state index contributed by atoms with van der Waals surface area (Å²) in [6.07, 6.45) is 0.897. The van der Waals surface area contributed by atoms with Crippen molar-refractivity contribution in [3.05, 3.63) is 28.8 Å². The smallest absolute Gasteiger partial charge is 0.410 e. The van der Waals surface area contributed by atoms with Gasteiger partial charge in [-0.3, -0.25) is 4.79 Å². The lowest BCUT2D eigenvalue weighted by atomic mass is 10.1. The summed E-state index contributed by atoms with van der Waals surface area (Å²) >= 11 is 5.89. The molecule has 1 saturated heterocycles. The number of nitrogens with two attached hydrogens (primary N) is 1. The van der Waals surface area contributed by atoms with Gasteiger partial charge in [0, 0.05) is 31.0 Å². The summed E-state index contributed by atoms with van der Waals surface area (Å²) < 4.78 is 11.3. The maximum Gasteiger partial charge on any atom is 0.410 e. The highest BCUT2D eigenvalue weighted by Gasteiger charge is 2.28. The lowest BCUT2D eigenvalue weighted by molar-refractivity contribution is 0.0126. The molecule has 0 aliphatic carbocycles. The monoisotopic (exact) mass is 354 g/mol. The molecule has 1 aromatic carbocycles. The average Bonchev–Trinajstić information content (AvgIpc) is 2.48. The predicted molar refractivity (Wildman–Crippen MR) is 91.4 cm³/mol. The van der Waals surface area contributed by atoms with Gasteiger partial charge in [0.15, 0.2) is 0 Å². The number of ether oxygens (including phenoxy) is 2. The molecule has 0 saturated carbocycles. The van der Waals surface area contributed by atoms with Crippen LogP contribution in [0.15, 0.2) is 18.2 Å². The molecule has 7 heteroatoms. The van der Waals surface area contributed by atoms with Gasteiger partial charge in [-0.25, -0.2) is 4.79 Å². The number of amides is 2. The van der Waals surface area contributed by atoms with Crippen molar-refractivity contribution in [2.75, 3.05) is 13.1 Å². The van der Waals surface area contributed by atoms with Crippen LogP contribution in [-0.4, -0.2) is 41.7 Å². The molecule has 6 nitrogen and oxygen atoms in total. The molecule has 24 heavy (non-hydrogen) atoms. The highest BCUT2D eigenvalue weighted by atomic mass is 35.5. The highest BCUT2D eigenvalue weighted by molar-refractivity contribution is 6.31. The Hall–Kier alpha value is -1.95. The van der Waals surface area contributed by atoms with E-state index in [0.29, 0.717) is 36.7 Å². The van der Waals surface area contributed by atoms with Crippen LogP contribution in [0.3, 0.4) is 0 Å². The van der Waals surface area contributed by atoms with Crippen molar-refractivity contribution in [1.29, 1.82) is 0 Å².